The summed E-state index contributed by atoms with van der Waals surface area (Å²) in [5.74, 6) is -0.599. The van der Waals surface area contributed by atoms with Crippen molar-refractivity contribution in [3.63, 3.8) is 0 Å². The van der Waals surface area contributed by atoms with Crippen molar-refractivity contribution in [2.75, 3.05) is 13.3 Å². The maximum atomic E-state index is 11.6. The Hall–Kier alpha value is -1.06. The molecule has 0 unspecified atom stereocenters. The van der Waals surface area contributed by atoms with Gasteiger partial charge in [-0.25, -0.2) is 9.18 Å². The van der Waals surface area contributed by atoms with Crippen LogP contribution in [0.1, 0.15) is 6.92 Å². The first-order valence-corrected chi connectivity index (χ1v) is 2.89. The summed E-state index contributed by atoms with van der Waals surface area (Å²) in [5.41, 5.74) is 4.88. The molecule has 0 rings (SSSR count). The van der Waals surface area contributed by atoms with Crippen LogP contribution in [0.5, 0.6) is 0 Å². The van der Waals surface area contributed by atoms with Crippen LogP contribution in [0, 0.1) is 0 Å². The van der Waals surface area contributed by atoms with E-state index in [0.717, 1.165) is 6.08 Å². The van der Waals surface area contributed by atoms with Crippen molar-refractivity contribution in [1.29, 1.82) is 0 Å². The van der Waals surface area contributed by atoms with Crippen LogP contribution in [-0.4, -0.2) is 19.3 Å². The maximum Gasteiger partial charge on any atom is 0.332 e. The summed E-state index contributed by atoms with van der Waals surface area (Å²) < 4.78 is 16.0. The van der Waals surface area contributed by atoms with Gasteiger partial charge in [0.1, 0.15) is 6.67 Å². The molecule has 58 valence electrons. The van der Waals surface area contributed by atoms with E-state index in [2.05, 4.69) is 4.74 Å². The molecule has 2 N–H and O–H groups in total. The monoisotopic (exact) mass is 147 g/mol. The SMILES string of the molecule is CCOC(=O)/C=C(/N)CF. The number of hydrogen-bond acceptors (Lipinski definition) is 3. The summed E-state index contributed by atoms with van der Waals surface area (Å²) >= 11 is 0. The van der Waals surface area contributed by atoms with Crippen LogP contribution in [0.2, 0.25) is 0 Å². The van der Waals surface area contributed by atoms with Crippen LogP contribution in [0.15, 0.2) is 11.8 Å². The standard InChI is InChI=1S/C6H10FNO2/c1-2-10-6(9)3-5(8)4-7/h3H,2,4,8H2,1H3/b5-3+. The number of hydrogen-bond donors (Lipinski definition) is 1. The highest BCUT2D eigenvalue weighted by molar-refractivity contribution is 5.82. The molecule has 0 heterocycles. The topological polar surface area (TPSA) is 52.3 Å². The fourth-order valence-electron chi connectivity index (χ4n) is 0.374. The number of carbonyl (C=O) groups excluding carboxylic acids is 1. The summed E-state index contributed by atoms with van der Waals surface area (Å²) in [6.07, 6.45) is 0.934. The lowest BCUT2D eigenvalue weighted by Gasteiger charge is -1.95. The van der Waals surface area contributed by atoms with Crippen LogP contribution < -0.4 is 5.73 Å². The molecule has 0 fully saturated rings. The van der Waals surface area contributed by atoms with E-state index < -0.39 is 12.6 Å². The van der Waals surface area contributed by atoms with Gasteiger partial charge in [-0.05, 0) is 6.92 Å². The third-order valence-electron chi connectivity index (χ3n) is 0.744. The van der Waals surface area contributed by atoms with Crippen LogP contribution in [0.3, 0.4) is 0 Å². The maximum absolute atomic E-state index is 11.6. The number of nitrogens with two attached hydrogens (primary N) is 1. The predicted octanol–water partition coefficient (Wildman–Crippen LogP) is 0.362. The molecular weight excluding hydrogens is 137 g/mol. The summed E-state index contributed by atoms with van der Waals surface area (Å²) in [6.45, 7) is 1.12. The normalized spacial score (nSPS) is 11.2. The number of ether oxygens (including phenoxy) is 1. The molecule has 0 aliphatic heterocycles. The van der Waals surface area contributed by atoms with Crippen LogP contribution in [0.25, 0.3) is 0 Å². The van der Waals surface area contributed by atoms with Gasteiger partial charge in [0, 0.05) is 11.8 Å². The molecule has 0 aliphatic carbocycles. The first-order chi connectivity index (χ1) is 4.70. The minimum absolute atomic E-state index is 0.113. The minimum Gasteiger partial charge on any atom is -0.463 e. The fraction of sp³-hybridized carbons (Fsp3) is 0.500. The third-order valence-corrected chi connectivity index (χ3v) is 0.744. The molecule has 0 saturated carbocycles. The van der Waals surface area contributed by atoms with Gasteiger partial charge in [-0.3, -0.25) is 0 Å². The molecule has 0 radical (unpaired) electrons. The zero-order chi connectivity index (χ0) is 7.98. The average Bonchev–Trinajstić information content (AvgIpc) is 1.88. The highest BCUT2D eigenvalue weighted by atomic mass is 19.1. The van der Waals surface area contributed by atoms with Crippen molar-refractivity contribution >= 4 is 5.97 Å². The molecule has 0 atom stereocenters. The van der Waals surface area contributed by atoms with Crippen molar-refractivity contribution in [2.45, 2.75) is 6.92 Å². The van der Waals surface area contributed by atoms with Crippen molar-refractivity contribution < 1.29 is 13.9 Å². The molecule has 3 nitrogen and oxygen atoms in total. The lowest BCUT2D eigenvalue weighted by Crippen LogP contribution is -2.06. The molecule has 0 aromatic heterocycles. The number of allylic oxidation sites excluding steroid dienone is 1. The Balaban J connectivity index is 3.75. The lowest BCUT2D eigenvalue weighted by atomic mass is 10.4. The van der Waals surface area contributed by atoms with Gasteiger partial charge in [-0.15, -0.1) is 0 Å². The highest BCUT2D eigenvalue weighted by Gasteiger charge is 1.96. The Morgan fingerprint density at radius 2 is 2.40 bits per heavy atom. The van der Waals surface area contributed by atoms with E-state index in [1.807, 2.05) is 0 Å². The van der Waals surface area contributed by atoms with Gasteiger partial charge in [0.05, 0.1) is 6.61 Å². The zero-order valence-corrected chi connectivity index (χ0v) is 5.76. The molecule has 10 heavy (non-hydrogen) atoms. The van der Waals surface area contributed by atoms with Crippen molar-refractivity contribution in [2.24, 2.45) is 5.73 Å². The van der Waals surface area contributed by atoms with Gasteiger partial charge in [0.25, 0.3) is 0 Å². The summed E-state index contributed by atoms with van der Waals surface area (Å²) in [5, 5.41) is 0. The largest absolute Gasteiger partial charge is 0.463 e. The molecule has 0 amide bonds. The second-order valence-electron chi connectivity index (χ2n) is 1.60. The second-order valence-corrected chi connectivity index (χ2v) is 1.60. The molecule has 0 aliphatic rings. The number of rotatable bonds is 3. The van der Waals surface area contributed by atoms with E-state index in [-0.39, 0.29) is 12.3 Å². The van der Waals surface area contributed by atoms with E-state index >= 15 is 0 Å². The van der Waals surface area contributed by atoms with E-state index in [4.69, 9.17) is 5.73 Å². The Morgan fingerprint density at radius 1 is 1.80 bits per heavy atom. The number of halogens is 1. The predicted molar refractivity (Wildman–Crippen MR) is 34.9 cm³/mol. The Bertz CT molecular complexity index is 145. The van der Waals surface area contributed by atoms with Gasteiger partial charge in [-0.2, -0.15) is 0 Å². The van der Waals surface area contributed by atoms with Crippen LogP contribution in [0.4, 0.5) is 4.39 Å². The molecule has 0 aromatic carbocycles. The van der Waals surface area contributed by atoms with Crippen LogP contribution in [-0.2, 0) is 9.53 Å². The Kier molecular flexibility index (Phi) is 4.28. The van der Waals surface area contributed by atoms with E-state index in [9.17, 15) is 9.18 Å². The molecule has 4 heteroatoms. The van der Waals surface area contributed by atoms with Gasteiger partial charge >= 0.3 is 5.97 Å². The number of carbonyl (C=O) groups is 1. The van der Waals surface area contributed by atoms with E-state index in [0.29, 0.717) is 0 Å². The number of alkyl halides is 1. The fourth-order valence-corrected chi connectivity index (χ4v) is 0.374. The molecular formula is C6H10FNO2. The second kappa shape index (κ2) is 4.78. The number of esters is 1. The van der Waals surface area contributed by atoms with Crippen molar-refractivity contribution in [1.82, 2.24) is 0 Å². The van der Waals surface area contributed by atoms with Gasteiger partial charge in [-0.1, -0.05) is 0 Å². The minimum atomic E-state index is -0.821. The summed E-state index contributed by atoms with van der Waals surface area (Å²) in [6, 6.07) is 0. The zero-order valence-electron chi connectivity index (χ0n) is 5.76. The van der Waals surface area contributed by atoms with Crippen molar-refractivity contribution in [3.8, 4) is 0 Å². The van der Waals surface area contributed by atoms with Crippen molar-refractivity contribution in [3.05, 3.63) is 11.8 Å². The average molecular weight is 147 g/mol. The molecule has 0 aromatic rings. The smallest absolute Gasteiger partial charge is 0.332 e. The third kappa shape index (κ3) is 3.88. The van der Waals surface area contributed by atoms with Crippen LogP contribution >= 0.6 is 0 Å². The van der Waals surface area contributed by atoms with Gasteiger partial charge in [0.2, 0.25) is 0 Å². The van der Waals surface area contributed by atoms with Gasteiger partial charge < -0.3 is 10.5 Å². The van der Waals surface area contributed by atoms with E-state index in [1.54, 1.807) is 6.92 Å². The Labute approximate surface area is 58.7 Å². The first kappa shape index (κ1) is 8.94. The molecule has 0 bridgehead atoms. The molecule has 0 saturated heterocycles. The molecule has 0 spiro atoms. The summed E-state index contributed by atoms with van der Waals surface area (Å²) in [4.78, 5) is 10.5. The van der Waals surface area contributed by atoms with E-state index in [1.165, 1.54) is 0 Å². The Morgan fingerprint density at radius 3 is 2.80 bits per heavy atom. The lowest BCUT2D eigenvalue weighted by molar-refractivity contribution is -0.137. The summed E-state index contributed by atoms with van der Waals surface area (Å²) in [7, 11) is 0. The van der Waals surface area contributed by atoms with Gasteiger partial charge in [0.15, 0.2) is 0 Å². The quantitative estimate of drug-likeness (QED) is 0.463. The first-order valence-electron chi connectivity index (χ1n) is 2.89. The highest BCUT2D eigenvalue weighted by Crippen LogP contribution is 1.87.